The first-order chi connectivity index (χ1) is 12.7. The third-order valence-corrected chi connectivity index (χ3v) is 5.33. The van der Waals surface area contributed by atoms with E-state index in [1.165, 1.54) is 10.5 Å². The van der Waals surface area contributed by atoms with Crippen LogP contribution in [0.5, 0.6) is 0 Å². The lowest BCUT2D eigenvalue weighted by Crippen LogP contribution is -2.29. The Bertz CT molecular complexity index is 814. The van der Waals surface area contributed by atoms with Crippen LogP contribution in [0.3, 0.4) is 0 Å². The molecule has 0 atom stereocenters. The highest BCUT2D eigenvalue weighted by atomic mass is 32.2. The molecule has 0 unspecified atom stereocenters. The lowest BCUT2D eigenvalue weighted by atomic mass is 10.1. The van der Waals surface area contributed by atoms with Gasteiger partial charge in [0.2, 0.25) is 5.91 Å². The summed E-state index contributed by atoms with van der Waals surface area (Å²) in [6.45, 7) is 0.846. The van der Waals surface area contributed by atoms with Gasteiger partial charge in [-0.05, 0) is 41.8 Å². The first-order valence-corrected chi connectivity index (χ1v) is 10.3. The fourth-order valence-electron chi connectivity index (χ4n) is 2.35. The first kappa shape index (κ1) is 18.7. The van der Waals surface area contributed by atoms with Gasteiger partial charge < -0.3 is 14.6 Å². The fourth-order valence-corrected chi connectivity index (χ4v) is 3.43. The topological polar surface area (TPSA) is 64.4 Å². The number of thioether (sulfide) groups is 1. The third-order valence-electron chi connectivity index (χ3n) is 3.70. The second-order valence-electron chi connectivity index (χ2n) is 5.60. The van der Waals surface area contributed by atoms with E-state index in [9.17, 15) is 4.79 Å². The van der Waals surface area contributed by atoms with Crippen molar-refractivity contribution in [1.29, 1.82) is 0 Å². The van der Waals surface area contributed by atoms with Crippen LogP contribution in [0.15, 0.2) is 57.3 Å². The van der Waals surface area contributed by atoms with Gasteiger partial charge in [-0.25, -0.2) is 0 Å². The molecule has 0 spiro atoms. The number of nitrogens with zero attached hydrogens (tertiary/aromatic N) is 1. The van der Waals surface area contributed by atoms with Crippen LogP contribution < -0.4 is 5.32 Å². The van der Waals surface area contributed by atoms with Gasteiger partial charge in [0.15, 0.2) is 5.76 Å². The lowest BCUT2D eigenvalue weighted by molar-refractivity contribution is -0.126. The summed E-state index contributed by atoms with van der Waals surface area (Å²) in [6, 6.07) is 14.1. The van der Waals surface area contributed by atoms with E-state index in [2.05, 4.69) is 41.0 Å². The number of carbonyl (C=O) groups is 1. The Labute approximate surface area is 160 Å². The van der Waals surface area contributed by atoms with Crippen molar-refractivity contribution in [2.75, 3.05) is 19.4 Å². The van der Waals surface area contributed by atoms with Crippen molar-refractivity contribution in [1.82, 2.24) is 10.5 Å². The molecule has 0 saturated heterocycles. The van der Waals surface area contributed by atoms with Gasteiger partial charge in [0.05, 0.1) is 11.5 Å². The van der Waals surface area contributed by atoms with Gasteiger partial charge in [0.1, 0.15) is 12.3 Å². The minimum absolute atomic E-state index is 0.00656. The van der Waals surface area contributed by atoms with E-state index in [0.29, 0.717) is 12.2 Å². The smallest absolute Gasteiger partial charge is 0.246 e. The van der Waals surface area contributed by atoms with Gasteiger partial charge in [-0.3, -0.25) is 4.79 Å². The molecule has 0 radical (unpaired) electrons. The maximum atomic E-state index is 11.8. The van der Waals surface area contributed by atoms with Gasteiger partial charge >= 0.3 is 0 Å². The number of thiophene rings is 1. The molecule has 5 nitrogen and oxygen atoms in total. The van der Waals surface area contributed by atoms with Crippen molar-refractivity contribution < 1.29 is 14.1 Å². The van der Waals surface area contributed by atoms with E-state index in [1.54, 1.807) is 23.1 Å². The van der Waals surface area contributed by atoms with Crippen LogP contribution in [0.2, 0.25) is 0 Å². The molecule has 7 heteroatoms. The van der Waals surface area contributed by atoms with E-state index < -0.39 is 0 Å². The highest BCUT2D eigenvalue weighted by molar-refractivity contribution is 7.98. The van der Waals surface area contributed by atoms with Gasteiger partial charge in [-0.1, -0.05) is 23.4 Å². The molecular formula is C19H20N2O3S2. The molecule has 26 heavy (non-hydrogen) atoms. The van der Waals surface area contributed by atoms with Gasteiger partial charge in [-0.2, -0.15) is 0 Å². The van der Waals surface area contributed by atoms with Crippen molar-refractivity contribution >= 4 is 29.0 Å². The molecule has 0 bridgehead atoms. The van der Waals surface area contributed by atoms with Crippen molar-refractivity contribution in [3.63, 3.8) is 0 Å². The van der Waals surface area contributed by atoms with Crippen LogP contribution in [0, 0.1) is 0 Å². The number of hydrogen-bond acceptors (Lipinski definition) is 6. The minimum atomic E-state index is -0.132. The predicted octanol–water partition coefficient (Wildman–Crippen LogP) is 4.00. The fraction of sp³-hybridized carbons (Fsp3) is 0.263. The lowest BCUT2D eigenvalue weighted by Gasteiger charge is -2.06. The number of nitrogens with one attached hydrogen (secondary N) is 1. The summed E-state index contributed by atoms with van der Waals surface area (Å²) < 4.78 is 10.7. The number of carbonyl (C=O) groups excluding carboxylic acids is 1. The van der Waals surface area contributed by atoms with Crippen LogP contribution in [0.4, 0.5) is 0 Å². The molecule has 1 amide bonds. The molecule has 3 rings (SSSR count). The number of ether oxygens (including phenoxy) is 1. The largest absolute Gasteiger partial charge is 0.365 e. The van der Waals surface area contributed by atoms with Crippen LogP contribution in [0.25, 0.3) is 10.6 Å². The molecule has 3 aromatic rings. The Morgan fingerprint density at radius 2 is 2.15 bits per heavy atom. The normalized spacial score (nSPS) is 10.8. The van der Waals surface area contributed by atoms with Crippen LogP contribution in [-0.2, 0) is 22.6 Å². The number of aromatic nitrogens is 1. The summed E-state index contributed by atoms with van der Waals surface area (Å²) in [5.41, 5.74) is 1.88. The average molecular weight is 389 g/mol. The molecule has 2 heterocycles. The first-order valence-electron chi connectivity index (χ1n) is 8.21. The van der Waals surface area contributed by atoms with Gasteiger partial charge in [-0.15, -0.1) is 23.1 Å². The quantitative estimate of drug-likeness (QED) is 0.561. The Hall–Kier alpha value is -2.09. The second-order valence-corrected chi connectivity index (χ2v) is 7.43. The zero-order valence-electron chi connectivity index (χ0n) is 14.4. The highest BCUT2D eigenvalue weighted by Crippen LogP contribution is 2.25. The standard InChI is InChI=1S/C19H20N2O3S2/c1-25-16-6-4-14(5-7-16)8-9-20-19(22)13-23-12-15-11-17(24-21-15)18-3-2-10-26-18/h2-7,10-11H,8-9,12-13H2,1H3,(H,20,22). The molecule has 0 aliphatic rings. The van der Waals surface area contributed by atoms with Crippen LogP contribution in [-0.4, -0.2) is 30.5 Å². The number of amides is 1. The zero-order valence-corrected chi connectivity index (χ0v) is 16.1. The van der Waals surface area contributed by atoms with Crippen molar-refractivity contribution in [2.24, 2.45) is 0 Å². The van der Waals surface area contributed by atoms with E-state index in [4.69, 9.17) is 9.26 Å². The molecule has 2 aromatic heterocycles. The number of rotatable bonds is 9. The monoisotopic (exact) mass is 388 g/mol. The summed E-state index contributed by atoms with van der Waals surface area (Å²) in [7, 11) is 0. The van der Waals surface area contributed by atoms with Crippen molar-refractivity contribution in [3.05, 3.63) is 59.1 Å². The summed E-state index contributed by atoms with van der Waals surface area (Å²) in [4.78, 5) is 14.1. The van der Waals surface area contributed by atoms with E-state index in [0.717, 1.165) is 17.1 Å². The number of hydrogen-bond donors (Lipinski definition) is 1. The molecule has 1 aromatic carbocycles. The summed E-state index contributed by atoms with van der Waals surface area (Å²) in [5, 5.41) is 8.80. The maximum Gasteiger partial charge on any atom is 0.246 e. The summed E-state index contributed by atoms with van der Waals surface area (Å²) >= 11 is 3.30. The Kier molecular flexibility index (Phi) is 6.88. The Morgan fingerprint density at radius 1 is 1.31 bits per heavy atom. The molecule has 0 aliphatic carbocycles. The molecule has 1 N–H and O–H groups in total. The molecule has 136 valence electrons. The average Bonchev–Trinajstić information content (AvgIpc) is 3.34. The SMILES string of the molecule is CSc1ccc(CCNC(=O)COCc2cc(-c3cccs3)on2)cc1. The number of benzene rings is 1. The minimum Gasteiger partial charge on any atom is -0.365 e. The molecule has 0 saturated carbocycles. The molecule has 0 aliphatic heterocycles. The van der Waals surface area contributed by atoms with Gasteiger partial charge in [0.25, 0.3) is 0 Å². The second kappa shape index (κ2) is 9.56. The Balaban J connectivity index is 1.34. The van der Waals surface area contributed by atoms with E-state index in [-0.39, 0.29) is 19.1 Å². The van der Waals surface area contributed by atoms with Crippen LogP contribution >= 0.6 is 23.1 Å². The summed E-state index contributed by atoms with van der Waals surface area (Å²) in [6.07, 6.45) is 2.85. The zero-order chi connectivity index (χ0) is 18.2. The molecule has 0 fully saturated rings. The van der Waals surface area contributed by atoms with E-state index >= 15 is 0 Å². The third kappa shape index (κ3) is 5.45. The van der Waals surface area contributed by atoms with E-state index in [1.807, 2.05) is 23.6 Å². The molecular weight excluding hydrogens is 368 g/mol. The maximum absolute atomic E-state index is 11.8. The van der Waals surface area contributed by atoms with Crippen molar-refractivity contribution in [3.8, 4) is 10.6 Å². The van der Waals surface area contributed by atoms with Crippen LogP contribution in [0.1, 0.15) is 11.3 Å². The Morgan fingerprint density at radius 3 is 2.88 bits per heavy atom. The van der Waals surface area contributed by atoms with Gasteiger partial charge in [0, 0.05) is 17.5 Å². The summed E-state index contributed by atoms with van der Waals surface area (Å²) in [5.74, 6) is 0.586. The van der Waals surface area contributed by atoms with Crippen molar-refractivity contribution in [2.45, 2.75) is 17.9 Å². The predicted molar refractivity (Wildman–Crippen MR) is 104 cm³/mol. The highest BCUT2D eigenvalue weighted by Gasteiger charge is 2.08.